The number of hydrogen-bond acceptors (Lipinski definition) is 4. The monoisotopic (exact) mass is 409 g/mol. The molecule has 0 spiro atoms. The van der Waals surface area contributed by atoms with Gasteiger partial charge in [0, 0.05) is 12.1 Å². The second-order valence-corrected chi connectivity index (χ2v) is 8.06. The summed E-state index contributed by atoms with van der Waals surface area (Å²) in [5.41, 5.74) is 2.31. The number of rotatable bonds is 8. The van der Waals surface area contributed by atoms with Crippen LogP contribution in [0.5, 0.6) is 5.75 Å². The van der Waals surface area contributed by atoms with Crippen molar-refractivity contribution in [2.24, 2.45) is 5.92 Å². The van der Waals surface area contributed by atoms with Gasteiger partial charge in [0.1, 0.15) is 24.2 Å². The van der Waals surface area contributed by atoms with Crippen molar-refractivity contribution in [3.05, 3.63) is 53.8 Å². The fraction of sp³-hybridized carbons (Fsp3) is 0.417. The molecule has 0 radical (unpaired) electrons. The Bertz CT molecular complexity index is 917. The zero-order valence-corrected chi connectivity index (χ0v) is 17.5. The normalized spacial score (nSPS) is 16.8. The Morgan fingerprint density at radius 3 is 2.87 bits per heavy atom. The van der Waals surface area contributed by atoms with E-state index in [1.807, 2.05) is 30.3 Å². The van der Waals surface area contributed by atoms with Crippen LogP contribution >= 0.6 is 0 Å². The topological polar surface area (TPSA) is 74.2 Å². The summed E-state index contributed by atoms with van der Waals surface area (Å²) in [7, 11) is 0. The first-order valence-electron chi connectivity index (χ1n) is 10.4. The van der Waals surface area contributed by atoms with Crippen LogP contribution in [0.15, 0.2) is 42.5 Å². The van der Waals surface area contributed by atoms with Crippen molar-refractivity contribution in [2.75, 3.05) is 19.6 Å². The fourth-order valence-corrected chi connectivity index (χ4v) is 3.78. The van der Waals surface area contributed by atoms with Gasteiger partial charge in [0.05, 0.1) is 12.0 Å². The molecular weight excluding hydrogens is 381 g/mol. The lowest BCUT2D eigenvalue weighted by Gasteiger charge is -2.20. The quantitative estimate of drug-likeness (QED) is 0.646. The minimum atomic E-state index is -0.379. The molecule has 0 aromatic heterocycles. The third kappa shape index (κ3) is 5.58. The summed E-state index contributed by atoms with van der Waals surface area (Å²) in [5.74, 6) is 0.0502. The van der Waals surface area contributed by atoms with E-state index in [4.69, 9.17) is 10.00 Å². The molecule has 0 saturated carbocycles. The number of nitriles is 1. The van der Waals surface area contributed by atoms with Crippen molar-refractivity contribution in [3.63, 3.8) is 0 Å². The van der Waals surface area contributed by atoms with Gasteiger partial charge in [-0.15, -0.1) is 0 Å². The zero-order valence-electron chi connectivity index (χ0n) is 17.5. The van der Waals surface area contributed by atoms with Crippen molar-refractivity contribution in [1.82, 2.24) is 10.6 Å². The molecule has 0 bridgehead atoms. The Labute approximate surface area is 177 Å². The highest BCUT2D eigenvalue weighted by Crippen LogP contribution is 2.35. The standard InChI is InChI=1S/C24H28FN3O2/c1-16(2)12-22(24(29)28-11-9-26)18-5-3-4-17(13-18)21-14-19(25)6-7-23(21)30-20-8-10-27-15-20/h3-7,13-14,16,20,22,27H,8,10-12,15H2,1-2H3,(H,28,29). The van der Waals surface area contributed by atoms with Crippen molar-refractivity contribution < 1.29 is 13.9 Å². The summed E-state index contributed by atoms with van der Waals surface area (Å²) in [4.78, 5) is 12.7. The molecule has 2 aromatic rings. The Hall–Kier alpha value is -2.91. The molecule has 158 valence electrons. The van der Waals surface area contributed by atoms with E-state index in [-0.39, 0.29) is 30.3 Å². The van der Waals surface area contributed by atoms with Gasteiger partial charge >= 0.3 is 0 Å². The molecule has 2 N–H and O–H groups in total. The van der Waals surface area contributed by atoms with E-state index >= 15 is 0 Å². The number of carbonyl (C=O) groups is 1. The van der Waals surface area contributed by atoms with Gasteiger partial charge in [-0.1, -0.05) is 38.1 Å². The predicted molar refractivity (Wildman–Crippen MR) is 115 cm³/mol. The molecule has 1 amide bonds. The van der Waals surface area contributed by atoms with Crippen LogP contribution in [0.4, 0.5) is 4.39 Å². The molecule has 1 heterocycles. The highest BCUT2D eigenvalue weighted by atomic mass is 19.1. The van der Waals surface area contributed by atoms with Crippen molar-refractivity contribution in [3.8, 4) is 22.9 Å². The van der Waals surface area contributed by atoms with E-state index in [0.717, 1.165) is 30.6 Å². The molecule has 2 atom stereocenters. The summed E-state index contributed by atoms with van der Waals surface area (Å²) in [6.45, 7) is 5.77. The number of ether oxygens (including phenoxy) is 1. The fourth-order valence-electron chi connectivity index (χ4n) is 3.78. The lowest BCUT2D eigenvalue weighted by Crippen LogP contribution is -2.30. The number of benzene rings is 2. The maximum atomic E-state index is 14.1. The van der Waals surface area contributed by atoms with Crippen molar-refractivity contribution in [2.45, 2.75) is 38.7 Å². The second-order valence-electron chi connectivity index (χ2n) is 8.06. The summed E-state index contributed by atoms with van der Waals surface area (Å²) < 4.78 is 20.2. The molecule has 0 aliphatic carbocycles. The molecule has 1 fully saturated rings. The van der Waals surface area contributed by atoms with E-state index < -0.39 is 0 Å². The van der Waals surface area contributed by atoms with Crippen LogP contribution in [-0.2, 0) is 4.79 Å². The molecule has 2 unspecified atom stereocenters. The molecule has 5 nitrogen and oxygen atoms in total. The van der Waals surface area contributed by atoms with Gasteiger partial charge in [0.15, 0.2) is 0 Å². The van der Waals surface area contributed by atoms with Gasteiger partial charge in [-0.25, -0.2) is 4.39 Å². The maximum Gasteiger partial charge on any atom is 0.228 e. The number of halogens is 1. The largest absolute Gasteiger partial charge is 0.488 e. The van der Waals surface area contributed by atoms with Gasteiger partial charge in [-0.05, 0) is 54.6 Å². The van der Waals surface area contributed by atoms with Crippen LogP contribution in [0.3, 0.4) is 0 Å². The van der Waals surface area contributed by atoms with E-state index in [9.17, 15) is 9.18 Å². The van der Waals surface area contributed by atoms with E-state index in [2.05, 4.69) is 24.5 Å². The maximum absolute atomic E-state index is 14.1. The Morgan fingerprint density at radius 2 is 2.17 bits per heavy atom. The van der Waals surface area contributed by atoms with Crippen LogP contribution in [0.2, 0.25) is 0 Å². The highest BCUT2D eigenvalue weighted by molar-refractivity contribution is 5.84. The van der Waals surface area contributed by atoms with Crippen molar-refractivity contribution >= 4 is 5.91 Å². The molecule has 1 aliphatic heterocycles. The first-order valence-corrected chi connectivity index (χ1v) is 10.4. The minimum absolute atomic E-state index is 0.0234. The number of nitrogens with one attached hydrogen (secondary N) is 2. The van der Waals surface area contributed by atoms with Crippen LogP contribution in [-0.4, -0.2) is 31.6 Å². The molecule has 1 aliphatic rings. The van der Waals surface area contributed by atoms with Gasteiger partial charge in [-0.3, -0.25) is 4.79 Å². The van der Waals surface area contributed by atoms with E-state index in [1.165, 1.54) is 12.1 Å². The Balaban J connectivity index is 1.94. The third-order valence-corrected chi connectivity index (χ3v) is 5.22. The first-order chi connectivity index (χ1) is 14.5. The zero-order chi connectivity index (χ0) is 21.5. The van der Waals surface area contributed by atoms with E-state index in [0.29, 0.717) is 23.7 Å². The lowest BCUT2D eigenvalue weighted by atomic mass is 9.88. The summed E-state index contributed by atoms with van der Waals surface area (Å²) >= 11 is 0. The average Bonchev–Trinajstić information content (AvgIpc) is 3.24. The van der Waals surface area contributed by atoms with Crippen LogP contribution in [0, 0.1) is 23.1 Å². The number of amides is 1. The predicted octanol–water partition coefficient (Wildman–Crippen LogP) is 4.00. The number of carbonyl (C=O) groups excluding carboxylic acids is 1. The smallest absolute Gasteiger partial charge is 0.228 e. The van der Waals surface area contributed by atoms with Crippen LogP contribution in [0.1, 0.15) is 38.2 Å². The molecule has 6 heteroatoms. The molecular formula is C24H28FN3O2. The number of nitrogens with zero attached hydrogens (tertiary/aromatic N) is 1. The van der Waals surface area contributed by atoms with Gasteiger partial charge < -0.3 is 15.4 Å². The van der Waals surface area contributed by atoms with Gasteiger partial charge in [0.2, 0.25) is 5.91 Å². The Kier molecular flexibility index (Phi) is 7.42. The lowest BCUT2D eigenvalue weighted by molar-refractivity contribution is -0.122. The molecule has 2 aromatic carbocycles. The van der Waals surface area contributed by atoms with Crippen molar-refractivity contribution in [1.29, 1.82) is 5.26 Å². The third-order valence-electron chi connectivity index (χ3n) is 5.22. The second kappa shape index (κ2) is 10.2. The summed E-state index contributed by atoms with van der Waals surface area (Å²) in [5, 5.41) is 14.7. The molecule has 30 heavy (non-hydrogen) atoms. The average molecular weight is 410 g/mol. The van der Waals surface area contributed by atoms with Crippen LogP contribution in [0.25, 0.3) is 11.1 Å². The Morgan fingerprint density at radius 1 is 1.33 bits per heavy atom. The SMILES string of the molecule is CC(C)CC(C(=O)NCC#N)c1cccc(-c2cc(F)ccc2OC2CCNC2)c1. The summed E-state index contributed by atoms with van der Waals surface area (Å²) in [6, 6.07) is 14.1. The van der Waals surface area contributed by atoms with Gasteiger partial charge in [-0.2, -0.15) is 5.26 Å². The minimum Gasteiger partial charge on any atom is -0.488 e. The summed E-state index contributed by atoms with van der Waals surface area (Å²) in [6.07, 6.45) is 1.62. The molecule has 1 saturated heterocycles. The van der Waals surface area contributed by atoms with Gasteiger partial charge in [0.25, 0.3) is 0 Å². The first kappa shape index (κ1) is 21.8. The van der Waals surface area contributed by atoms with Crippen LogP contribution < -0.4 is 15.4 Å². The molecule has 3 rings (SSSR count). The highest BCUT2D eigenvalue weighted by Gasteiger charge is 2.23. The van der Waals surface area contributed by atoms with E-state index in [1.54, 1.807) is 6.07 Å². The number of hydrogen-bond donors (Lipinski definition) is 2.